The Morgan fingerprint density at radius 1 is 1.28 bits per heavy atom. The van der Waals surface area contributed by atoms with Crippen LogP contribution in [0.4, 0.5) is 5.82 Å². The number of halogens is 1. The number of nitrogens with two attached hydrogens (primary N) is 1. The molecule has 0 fully saturated rings. The minimum absolute atomic E-state index is 0. The lowest BCUT2D eigenvalue weighted by molar-refractivity contribution is 0.275. The summed E-state index contributed by atoms with van der Waals surface area (Å²) in [5.74, 6) is 0.335. The molecule has 0 unspecified atom stereocenters. The van der Waals surface area contributed by atoms with Gasteiger partial charge in [-0.05, 0) is 5.57 Å². The summed E-state index contributed by atoms with van der Waals surface area (Å²) >= 11 is 0. The van der Waals surface area contributed by atoms with Crippen molar-refractivity contribution in [2.24, 2.45) is 0 Å². The molecular formula is C10H14ClN5O2. The van der Waals surface area contributed by atoms with E-state index in [-0.39, 0.29) is 25.6 Å². The molecule has 0 saturated carbocycles. The Balaban J connectivity index is 0.00000162. The molecule has 0 aliphatic carbocycles. The van der Waals surface area contributed by atoms with Gasteiger partial charge in [0.2, 0.25) is 0 Å². The molecule has 2 rings (SSSR count). The third-order valence-electron chi connectivity index (χ3n) is 2.41. The first kappa shape index (κ1) is 14.4. The fourth-order valence-corrected chi connectivity index (χ4v) is 1.44. The van der Waals surface area contributed by atoms with Crippen LogP contribution in [0.1, 0.15) is 0 Å². The highest BCUT2D eigenvalue weighted by Crippen LogP contribution is 2.14. The largest absolute Gasteiger partial charge is 0.392 e. The number of imidazole rings is 1. The summed E-state index contributed by atoms with van der Waals surface area (Å²) in [6, 6.07) is 0. The van der Waals surface area contributed by atoms with Crippen LogP contribution in [0.2, 0.25) is 0 Å². The summed E-state index contributed by atoms with van der Waals surface area (Å²) in [5.41, 5.74) is 7.39. The fraction of sp³-hybridized carbons (Fsp3) is 0.300. The second kappa shape index (κ2) is 6.29. The molecule has 0 aliphatic heterocycles. The van der Waals surface area contributed by atoms with Crippen LogP contribution in [0, 0.1) is 0 Å². The van der Waals surface area contributed by atoms with Crippen LogP contribution < -0.4 is 5.73 Å². The molecule has 18 heavy (non-hydrogen) atoms. The SMILES string of the molecule is Cl.Nc1ncnc2c1ncn2CC=C(CO)CO. The standard InChI is InChI=1S/C10H13N5O2.ClH/c11-9-8-10(13-5-12-9)15(6-14-8)2-1-7(3-16)4-17;/h1,5-6,16-17H,2-4H2,(H2,11,12,13);1H. The summed E-state index contributed by atoms with van der Waals surface area (Å²) in [6.07, 6.45) is 4.69. The third kappa shape index (κ3) is 2.76. The first-order valence-electron chi connectivity index (χ1n) is 5.07. The number of aliphatic hydroxyl groups is 2. The quantitative estimate of drug-likeness (QED) is 0.661. The van der Waals surface area contributed by atoms with Crippen LogP contribution in [-0.4, -0.2) is 42.9 Å². The van der Waals surface area contributed by atoms with Crippen LogP contribution in [-0.2, 0) is 6.54 Å². The van der Waals surface area contributed by atoms with Crippen LogP contribution in [0.15, 0.2) is 24.3 Å². The second-order valence-corrected chi connectivity index (χ2v) is 3.51. The van der Waals surface area contributed by atoms with E-state index in [0.717, 1.165) is 0 Å². The van der Waals surface area contributed by atoms with E-state index in [9.17, 15) is 0 Å². The second-order valence-electron chi connectivity index (χ2n) is 3.51. The van der Waals surface area contributed by atoms with Gasteiger partial charge in [0, 0.05) is 6.54 Å². The van der Waals surface area contributed by atoms with Gasteiger partial charge in [0.15, 0.2) is 11.5 Å². The van der Waals surface area contributed by atoms with E-state index in [4.69, 9.17) is 15.9 Å². The van der Waals surface area contributed by atoms with E-state index >= 15 is 0 Å². The van der Waals surface area contributed by atoms with Crippen molar-refractivity contribution in [3.05, 3.63) is 24.3 Å². The van der Waals surface area contributed by atoms with Crippen LogP contribution in [0.5, 0.6) is 0 Å². The average molecular weight is 272 g/mol. The predicted octanol–water partition coefficient (Wildman–Crippen LogP) is -0.259. The van der Waals surface area contributed by atoms with Crippen molar-refractivity contribution in [3.8, 4) is 0 Å². The van der Waals surface area contributed by atoms with Crippen molar-refractivity contribution >= 4 is 29.4 Å². The minimum atomic E-state index is -0.166. The Kier molecular flexibility index (Phi) is 5.02. The number of allylic oxidation sites excluding steroid dienone is 1. The number of fused-ring (bicyclic) bond motifs is 1. The molecule has 0 aliphatic rings. The summed E-state index contributed by atoms with van der Waals surface area (Å²) in [5, 5.41) is 17.8. The highest BCUT2D eigenvalue weighted by Gasteiger charge is 2.06. The molecule has 0 spiro atoms. The van der Waals surface area contributed by atoms with Gasteiger partial charge in [-0.25, -0.2) is 15.0 Å². The molecule has 2 heterocycles. The van der Waals surface area contributed by atoms with Gasteiger partial charge in [-0.2, -0.15) is 0 Å². The first-order valence-corrected chi connectivity index (χ1v) is 5.07. The van der Waals surface area contributed by atoms with Crippen molar-refractivity contribution < 1.29 is 10.2 Å². The molecule has 0 aromatic carbocycles. The molecule has 0 atom stereocenters. The zero-order chi connectivity index (χ0) is 12.3. The number of hydrogen-bond donors (Lipinski definition) is 3. The highest BCUT2D eigenvalue weighted by atomic mass is 35.5. The summed E-state index contributed by atoms with van der Waals surface area (Å²) in [4.78, 5) is 12.0. The van der Waals surface area contributed by atoms with E-state index in [2.05, 4.69) is 15.0 Å². The number of anilines is 1. The Bertz CT molecular complexity index is 548. The highest BCUT2D eigenvalue weighted by molar-refractivity contribution is 5.85. The summed E-state index contributed by atoms with van der Waals surface area (Å²) in [6.45, 7) is 0.129. The summed E-state index contributed by atoms with van der Waals surface area (Å²) in [7, 11) is 0. The molecule has 2 aromatic heterocycles. The maximum atomic E-state index is 8.91. The zero-order valence-electron chi connectivity index (χ0n) is 9.52. The minimum Gasteiger partial charge on any atom is -0.392 e. The lowest BCUT2D eigenvalue weighted by Crippen LogP contribution is -2.01. The topological polar surface area (TPSA) is 110 Å². The molecule has 0 radical (unpaired) electrons. The molecule has 0 amide bonds. The van der Waals surface area contributed by atoms with Gasteiger partial charge in [-0.1, -0.05) is 6.08 Å². The molecule has 7 nitrogen and oxygen atoms in total. The van der Waals surface area contributed by atoms with Crippen LogP contribution in [0.25, 0.3) is 11.2 Å². The van der Waals surface area contributed by atoms with Crippen molar-refractivity contribution in [3.63, 3.8) is 0 Å². The molecule has 0 saturated heterocycles. The Labute approximate surface area is 109 Å². The predicted molar refractivity (Wildman–Crippen MR) is 69.2 cm³/mol. The first-order chi connectivity index (χ1) is 8.26. The smallest absolute Gasteiger partial charge is 0.165 e. The number of hydrogen-bond acceptors (Lipinski definition) is 6. The number of aromatic nitrogens is 4. The average Bonchev–Trinajstić information content (AvgIpc) is 2.75. The van der Waals surface area contributed by atoms with E-state index in [1.54, 1.807) is 17.0 Å². The van der Waals surface area contributed by atoms with Gasteiger partial charge < -0.3 is 20.5 Å². The normalized spacial score (nSPS) is 10.1. The Hall–Kier alpha value is -1.70. The maximum absolute atomic E-state index is 8.91. The van der Waals surface area contributed by atoms with Gasteiger partial charge in [-0.3, -0.25) is 0 Å². The van der Waals surface area contributed by atoms with E-state index in [1.807, 2.05) is 0 Å². The van der Waals surface area contributed by atoms with Crippen LogP contribution in [0.3, 0.4) is 0 Å². The molecule has 4 N–H and O–H groups in total. The van der Waals surface area contributed by atoms with Crippen molar-refractivity contribution in [2.75, 3.05) is 18.9 Å². The maximum Gasteiger partial charge on any atom is 0.165 e. The van der Waals surface area contributed by atoms with E-state index < -0.39 is 0 Å². The zero-order valence-corrected chi connectivity index (χ0v) is 10.3. The molecule has 8 heteroatoms. The fourth-order valence-electron chi connectivity index (χ4n) is 1.44. The molecule has 2 aromatic rings. The van der Waals surface area contributed by atoms with E-state index in [0.29, 0.717) is 29.1 Å². The number of aliphatic hydroxyl groups excluding tert-OH is 2. The number of nitrogen functional groups attached to an aromatic ring is 1. The Morgan fingerprint density at radius 2 is 2.00 bits per heavy atom. The molecular weight excluding hydrogens is 258 g/mol. The van der Waals surface area contributed by atoms with Gasteiger partial charge >= 0.3 is 0 Å². The van der Waals surface area contributed by atoms with Gasteiger partial charge in [0.1, 0.15) is 11.8 Å². The lowest BCUT2D eigenvalue weighted by atomic mass is 10.3. The van der Waals surface area contributed by atoms with Gasteiger partial charge in [0.25, 0.3) is 0 Å². The Morgan fingerprint density at radius 3 is 2.67 bits per heavy atom. The third-order valence-corrected chi connectivity index (χ3v) is 2.41. The van der Waals surface area contributed by atoms with Gasteiger partial charge in [0.05, 0.1) is 19.5 Å². The molecule has 0 bridgehead atoms. The van der Waals surface area contributed by atoms with Crippen molar-refractivity contribution in [1.29, 1.82) is 0 Å². The van der Waals surface area contributed by atoms with Crippen LogP contribution >= 0.6 is 12.4 Å². The van der Waals surface area contributed by atoms with E-state index in [1.165, 1.54) is 6.33 Å². The lowest BCUT2D eigenvalue weighted by Gasteiger charge is -2.02. The van der Waals surface area contributed by atoms with Crippen molar-refractivity contribution in [2.45, 2.75) is 6.54 Å². The number of rotatable bonds is 4. The number of nitrogens with zero attached hydrogens (tertiary/aromatic N) is 4. The molecule has 98 valence electrons. The van der Waals surface area contributed by atoms with Gasteiger partial charge in [-0.15, -0.1) is 12.4 Å². The van der Waals surface area contributed by atoms with Crippen molar-refractivity contribution in [1.82, 2.24) is 19.5 Å². The monoisotopic (exact) mass is 271 g/mol. The summed E-state index contributed by atoms with van der Waals surface area (Å²) < 4.78 is 1.76.